The Hall–Kier alpha value is -2.62. The molecule has 0 aliphatic carbocycles. The lowest BCUT2D eigenvalue weighted by molar-refractivity contribution is -0.128. The largest absolute Gasteiger partial charge is 0.346 e. The van der Waals surface area contributed by atoms with Crippen LogP contribution in [0.25, 0.3) is 0 Å². The lowest BCUT2D eigenvalue weighted by atomic mass is 10.1. The van der Waals surface area contributed by atoms with Crippen LogP contribution in [0.2, 0.25) is 0 Å². The van der Waals surface area contributed by atoms with E-state index in [2.05, 4.69) is 5.32 Å². The van der Waals surface area contributed by atoms with Gasteiger partial charge in [-0.2, -0.15) is 0 Å². The summed E-state index contributed by atoms with van der Waals surface area (Å²) in [5, 5.41) is 3.03. The number of hydrogen-bond acceptors (Lipinski definition) is 2. The Morgan fingerprint density at radius 2 is 1.80 bits per heavy atom. The molecule has 130 valence electrons. The van der Waals surface area contributed by atoms with Crippen LogP contribution in [0.1, 0.15) is 52.9 Å². The van der Waals surface area contributed by atoms with E-state index in [1.165, 1.54) is 5.56 Å². The summed E-state index contributed by atoms with van der Waals surface area (Å²) in [7, 11) is 0. The molecule has 1 atom stereocenters. The van der Waals surface area contributed by atoms with Gasteiger partial charge in [-0.3, -0.25) is 9.59 Å². The van der Waals surface area contributed by atoms with E-state index in [1.54, 1.807) is 0 Å². The van der Waals surface area contributed by atoms with E-state index in [-0.39, 0.29) is 17.9 Å². The third-order valence-corrected chi connectivity index (χ3v) is 4.69. The van der Waals surface area contributed by atoms with E-state index >= 15 is 0 Å². The van der Waals surface area contributed by atoms with E-state index in [4.69, 9.17) is 0 Å². The molecule has 0 unspecified atom stereocenters. The average Bonchev–Trinajstić information content (AvgIpc) is 3.01. The fraction of sp³-hybridized carbons (Fsp3) is 0.333. The van der Waals surface area contributed by atoms with Crippen LogP contribution in [-0.4, -0.2) is 23.3 Å². The summed E-state index contributed by atoms with van der Waals surface area (Å²) in [4.78, 5) is 26.0. The van der Waals surface area contributed by atoms with Gasteiger partial charge in [0.25, 0.3) is 5.91 Å². The van der Waals surface area contributed by atoms with Crippen LogP contribution in [-0.2, 0) is 11.3 Å². The molecule has 3 rings (SSSR count). The van der Waals surface area contributed by atoms with Gasteiger partial charge in [0, 0.05) is 25.1 Å². The molecule has 1 aliphatic rings. The summed E-state index contributed by atoms with van der Waals surface area (Å²) in [6.07, 6.45) is 1.59. The molecule has 1 aliphatic heterocycles. The van der Waals surface area contributed by atoms with Crippen LogP contribution < -0.4 is 5.32 Å². The lowest BCUT2D eigenvalue weighted by Gasteiger charge is -2.16. The summed E-state index contributed by atoms with van der Waals surface area (Å²) >= 11 is 0. The molecule has 0 spiro atoms. The summed E-state index contributed by atoms with van der Waals surface area (Å²) in [6, 6.07) is 15.6. The van der Waals surface area contributed by atoms with Crippen LogP contribution in [0.4, 0.5) is 0 Å². The van der Waals surface area contributed by atoms with Crippen molar-refractivity contribution < 1.29 is 9.59 Å². The zero-order valence-electron chi connectivity index (χ0n) is 14.8. The highest BCUT2D eigenvalue weighted by Crippen LogP contribution is 2.16. The van der Waals surface area contributed by atoms with E-state index in [0.717, 1.165) is 24.1 Å². The molecule has 2 amide bonds. The maximum atomic E-state index is 12.4. The van der Waals surface area contributed by atoms with Crippen molar-refractivity contribution in [1.82, 2.24) is 10.2 Å². The number of rotatable bonds is 5. The van der Waals surface area contributed by atoms with E-state index in [9.17, 15) is 9.59 Å². The molecule has 2 aromatic carbocycles. The molecule has 2 aromatic rings. The standard InChI is InChI=1S/C21H24N2O2/c1-15-5-9-18(10-6-15)16(2)22-21(25)19-11-7-17(8-12-19)14-23-13-3-4-20(23)24/h5-12,16H,3-4,13-14H2,1-2H3,(H,22,25)/t16-/m0/s1. The van der Waals surface area contributed by atoms with Gasteiger partial charge >= 0.3 is 0 Å². The average molecular weight is 336 g/mol. The van der Waals surface area contributed by atoms with Gasteiger partial charge in [0.2, 0.25) is 5.91 Å². The Balaban J connectivity index is 1.60. The van der Waals surface area contributed by atoms with Crippen molar-refractivity contribution in [3.05, 3.63) is 70.8 Å². The predicted octanol–water partition coefficient (Wildman–Crippen LogP) is 3.61. The van der Waals surface area contributed by atoms with Gasteiger partial charge < -0.3 is 10.2 Å². The number of aryl methyl sites for hydroxylation is 1. The second-order valence-corrected chi connectivity index (χ2v) is 6.72. The first-order valence-corrected chi connectivity index (χ1v) is 8.77. The zero-order valence-corrected chi connectivity index (χ0v) is 14.8. The molecule has 4 nitrogen and oxygen atoms in total. The number of amides is 2. The maximum absolute atomic E-state index is 12.4. The van der Waals surface area contributed by atoms with Gasteiger partial charge in [-0.05, 0) is 43.5 Å². The van der Waals surface area contributed by atoms with Gasteiger partial charge in [0.1, 0.15) is 0 Å². The molecule has 0 saturated carbocycles. The second-order valence-electron chi connectivity index (χ2n) is 6.72. The highest BCUT2D eigenvalue weighted by Gasteiger charge is 2.20. The van der Waals surface area contributed by atoms with Crippen molar-refractivity contribution in [2.24, 2.45) is 0 Å². The van der Waals surface area contributed by atoms with Crippen LogP contribution in [0, 0.1) is 6.92 Å². The summed E-state index contributed by atoms with van der Waals surface area (Å²) in [5.41, 5.74) is 3.98. The second kappa shape index (κ2) is 7.51. The van der Waals surface area contributed by atoms with Crippen molar-refractivity contribution in [3.63, 3.8) is 0 Å². The van der Waals surface area contributed by atoms with Gasteiger partial charge in [0.15, 0.2) is 0 Å². The number of nitrogens with one attached hydrogen (secondary N) is 1. The third-order valence-electron chi connectivity index (χ3n) is 4.69. The molecule has 4 heteroatoms. The molecule has 1 N–H and O–H groups in total. The molecule has 25 heavy (non-hydrogen) atoms. The number of carbonyl (C=O) groups excluding carboxylic acids is 2. The summed E-state index contributed by atoms with van der Waals surface area (Å²) in [6.45, 7) is 5.48. The van der Waals surface area contributed by atoms with E-state index < -0.39 is 0 Å². The van der Waals surface area contributed by atoms with Crippen LogP contribution >= 0.6 is 0 Å². The van der Waals surface area contributed by atoms with Crippen molar-refractivity contribution in [2.45, 2.75) is 39.3 Å². The Morgan fingerprint density at radius 3 is 2.40 bits per heavy atom. The molecule has 0 radical (unpaired) electrons. The Kier molecular flexibility index (Phi) is 5.17. The minimum Gasteiger partial charge on any atom is -0.346 e. The number of benzene rings is 2. The van der Waals surface area contributed by atoms with Crippen LogP contribution in [0.15, 0.2) is 48.5 Å². The van der Waals surface area contributed by atoms with Gasteiger partial charge in [-0.25, -0.2) is 0 Å². The Labute approximate surface area is 148 Å². The van der Waals surface area contributed by atoms with Crippen molar-refractivity contribution in [2.75, 3.05) is 6.54 Å². The van der Waals surface area contributed by atoms with Crippen LogP contribution in [0.3, 0.4) is 0 Å². The molecular weight excluding hydrogens is 312 g/mol. The fourth-order valence-electron chi connectivity index (χ4n) is 3.07. The predicted molar refractivity (Wildman–Crippen MR) is 98.2 cm³/mol. The zero-order chi connectivity index (χ0) is 17.8. The number of likely N-dealkylation sites (tertiary alicyclic amines) is 1. The molecular formula is C21H24N2O2. The van der Waals surface area contributed by atoms with Crippen molar-refractivity contribution in [1.29, 1.82) is 0 Å². The first kappa shape index (κ1) is 17.2. The fourth-order valence-corrected chi connectivity index (χ4v) is 3.07. The van der Waals surface area contributed by atoms with Gasteiger partial charge in [-0.15, -0.1) is 0 Å². The Morgan fingerprint density at radius 1 is 1.12 bits per heavy atom. The van der Waals surface area contributed by atoms with Crippen molar-refractivity contribution >= 4 is 11.8 Å². The smallest absolute Gasteiger partial charge is 0.251 e. The molecule has 1 fully saturated rings. The highest BCUT2D eigenvalue weighted by molar-refractivity contribution is 5.94. The first-order chi connectivity index (χ1) is 12.0. The first-order valence-electron chi connectivity index (χ1n) is 8.77. The number of carbonyl (C=O) groups is 2. The summed E-state index contributed by atoms with van der Waals surface area (Å²) in [5.74, 6) is 0.130. The molecule has 1 heterocycles. The van der Waals surface area contributed by atoms with Gasteiger partial charge in [0.05, 0.1) is 6.04 Å². The minimum absolute atomic E-state index is 0.0463. The van der Waals surface area contributed by atoms with E-state index in [0.29, 0.717) is 18.5 Å². The van der Waals surface area contributed by atoms with Crippen molar-refractivity contribution in [3.8, 4) is 0 Å². The normalized spacial score (nSPS) is 15.3. The third kappa shape index (κ3) is 4.27. The highest BCUT2D eigenvalue weighted by atomic mass is 16.2. The molecule has 1 saturated heterocycles. The monoisotopic (exact) mass is 336 g/mol. The van der Waals surface area contributed by atoms with Gasteiger partial charge in [-0.1, -0.05) is 42.0 Å². The van der Waals surface area contributed by atoms with E-state index in [1.807, 2.05) is 67.3 Å². The lowest BCUT2D eigenvalue weighted by Crippen LogP contribution is -2.27. The molecule has 0 aromatic heterocycles. The quantitative estimate of drug-likeness (QED) is 0.907. The Bertz CT molecular complexity index is 750. The number of nitrogens with zero attached hydrogens (tertiary/aromatic N) is 1. The SMILES string of the molecule is Cc1ccc([C@H](C)NC(=O)c2ccc(CN3CCCC3=O)cc2)cc1. The topological polar surface area (TPSA) is 49.4 Å². The minimum atomic E-state index is -0.0862. The number of hydrogen-bond donors (Lipinski definition) is 1. The molecule has 0 bridgehead atoms. The maximum Gasteiger partial charge on any atom is 0.251 e. The van der Waals surface area contributed by atoms with Crippen LogP contribution in [0.5, 0.6) is 0 Å². The summed E-state index contributed by atoms with van der Waals surface area (Å²) < 4.78 is 0.